The third-order valence-electron chi connectivity index (χ3n) is 5.01. The molecule has 30 heavy (non-hydrogen) atoms. The van der Waals surface area contributed by atoms with Gasteiger partial charge in [-0.25, -0.2) is 5.10 Å². The minimum Gasteiger partial charge on any atom is -0.325 e. The Balaban J connectivity index is 1.71. The number of rotatable bonds is 9. The van der Waals surface area contributed by atoms with E-state index in [0.717, 1.165) is 43.3 Å². The van der Waals surface area contributed by atoms with Gasteiger partial charge in [0.25, 0.3) is 5.56 Å². The van der Waals surface area contributed by atoms with Crippen LogP contribution in [0.25, 0.3) is 22.0 Å². The fourth-order valence-corrected chi connectivity index (χ4v) is 3.64. The van der Waals surface area contributed by atoms with E-state index in [1.54, 1.807) is 18.2 Å². The number of anilines is 1. The number of aromatic amines is 1. The average Bonchev–Trinajstić information content (AvgIpc) is 2.74. The van der Waals surface area contributed by atoms with E-state index >= 15 is 0 Å². The maximum Gasteiger partial charge on any atom is 0.272 e. The van der Waals surface area contributed by atoms with Crippen LogP contribution in [-0.2, 0) is 4.79 Å². The van der Waals surface area contributed by atoms with Crippen molar-refractivity contribution in [1.82, 2.24) is 15.1 Å². The van der Waals surface area contributed by atoms with Crippen LogP contribution in [0.4, 0.5) is 5.69 Å². The van der Waals surface area contributed by atoms with Gasteiger partial charge in [0.1, 0.15) is 0 Å². The lowest BCUT2D eigenvalue weighted by Crippen LogP contribution is -2.20. The minimum atomic E-state index is -0.235. The van der Waals surface area contributed by atoms with Crippen molar-refractivity contribution in [2.45, 2.75) is 32.6 Å². The molecule has 6 nitrogen and oxygen atoms in total. The van der Waals surface area contributed by atoms with Crippen molar-refractivity contribution in [3.8, 4) is 11.3 Å². The molecular weight excluding hydrogens is 400 g/mol. The number of benzene rings is 2. The predicted molar refractivity (Wildman–Crippen MR) is 123 cm³/mol. The van der Waals surface area contributed by atoms with Gasteiger partial charge in [0.05, 0.1) is 21.8 Å². The number of nitrogens with zero attached hydrogens (tertiary/aromatic N) is 2. The number of carbonyl (C=O) groups is 1. The van der Waals surface area contributed by atoms with Crippen molar-refractivity contribution in [1.29, 1.82) is 0 Å². The lowest BCUT2D eigenvalue weighted by Gasteiger charge is -2.15. The first-order chi connectivity index (χ1) is 14.5. The lowest BCUT2D eigenvalue weighted by molar-refractivity contribution is -0.116. The fraction of sp³-hybridized carbons (Fsp3) is 0.348. The molecular formula is C23H27ClN4O2. The van der Waals surface area contributed by atoms with E-state index < -0.39 is 0 Å². The number of carbonyl (C=O) groups excluding carboxylic acids is 1. The van der Waals surface area contributed by atoms with Crippen molar-refractivity contribution >= 4 is 34.0 Å². The highest BCUT2D eigenvalue weighted by Crippen LogP contribution is 2.30. The van der Waals surface area contributed by atoms with E-state index in [4.69, 9.17) is 11.6 Å². The molecule has 0 aliphatic carbocycles. The van der Waals surface area contributed by atoms with Crippen molar-refractivity contribution < 1.29 is 4.79 Å². The molecule has 0 radical (unpaired) electrons. The standard InChI is InChI=1S/C23H27ClN4O2/c1-3-13-28(2)14-7-6-10-21(29)25-20-15-16(11-12-19(20)24)22-17-8-4-5-9-18(17)23(30)27-26-22/h4-5,8-9,11-12,15H,3,6-7,10,13-14H2,1-2H3,(H,25,29)(H,27,30). The van der Waals surface area contributed by atoms with Crippen LogP contribution in [0.5, 0.6) is 0 Å². The molecule has 0 saturated heterocycles. The van der Waals surface area contributed by atoms with Crippen LogP contribution in [0.2, 0.25) is 5.02 Å². The van der Waals surface area contributed by atoms with Crippen LogP contribution >= 0.6 is 11.6 Å². The molecule has 7 heteroatoms. The first-order valence-corrected chi connectivity index (χ1v) is 10.6. The molecule has 3 rings (SSSR count). The second-order valence-electron chi connectivity index (χ2n) is 7.45. The van der Waals surface area contributed by atoms with Gasteiger partial charge in [-0.2, -0.15) is 5.10 Å². The Morgan fingerprint density at radius 2 is 1.90 bits per heavy atom. The summed E-state index contributed by atoms with van der Waals surface area (Å²) in [5.74, 6) is -0.0634. The second kappa shape index (κ2) is 10.4. The highest BCUT2D eigenvalue weighted by atomic mass is 35.5. The first-order valence-electron chi connectivity index (χ1n) is 10.3. The molecule has 0 aliphatic heterocycles. The van der Waals surface area contributed by atoms with E-state index in [2.05, 4.69) is 34.4 Å². The molecule has 0 atom stereocenters. The number of nitrogens with one attached hydrogen (secondary N) is 2. The normalized spacial score (nSPS) is 11.2. The summed E-state index contributed by atoms with van der Waals surface area (Å²) in [4.78, 5) is 26.7. The average molecular weight is 427 g/mol. The second-order valence-corrected chi connectivity index (χ2v) is 7.86. The van der Waals surface area contributed by atoms with Crippen LogP contribution in [0.1, 0.15) is 32.6 Å². The van der Waals surface area contributed by atoms with Gasteiger partial charge in [-0.15, -0.1) is 0 Å². The van der Waals surface area contributed by atoms with Crippen molar-refractivity contribution in [3.05, 3.63) is 57.8 Å². The molecule has 0 saturated carbocycles. The Labute approximate surface area is 181 Å². The van der Waals surface area contributed by atoms with E-state index in [1.165, 1.54) is 0 Å². The SMILES string of the molecule is CCCN(C)CCCCC(=O)Nc1cc(-c2n[nH]c(=O)c3ccccc23)ccc1Cl. The maximum atomic E-state index is 12.4. The third kappa shape index (κ3) is 5.46. The maximum absolute atomic E-state index is 12.4. The highest BCUT2D eigenvalue weighted by Gasteiger charge is 2.12. The van der Waals surface area contributed by atoms with Gasteiger partial charge in [0, 0.05) is 17.4 Å². The van der Waals surface area contributed by atoms with Gasteiger partial charge in [-0.3, -0.25) is 9.59 Å². The van der Waals surface area contributed by atoms with Crippen molar-refractivity contribution in [2.24, 2.45) is 0 Å². The van der Waals surface area contributed by atoms with E-state index in [1.807, 2.05) is 24.3 Å². The van der Waals surface area contributed by atoms with E-state index in [0.29, 0.717) is 28.2 Å². The van der Waals surface area contributed by atoms with Crippen LogP contribution in [0, 0.1) is 0 Å². The Morgan fingerprint density at radius 1 is 1.13 bits per heavy atom. The number of amides is 1. The molecule has 2 N–H and O–H groups in total. The molecule has 3 aromatic rings. The molecule has 0 bridgehead atoms. The molecule has 158 valence electrons. The van der Waals surface area contributed by atoms with Gasteiger partial charge in [-0.1, -0.05) is 42.8 Å². The number of halogens is 1. The summed E-state index contributed by atoms with van der Waals surface area (Å²) in [6.07, 6.45) is 3.37. The molecule has 0 aliphatic rings. The Bertz CT molecular complexity index is 1080. The van der Waals surface area contributed by atoms with Crippen LogP contribution < -0.4 is 10.9 Å². The van der Waals surface area contributed by atoms with Crippen molar-refractivity contribution in [3.63, 3.8) is 0 Å². The Morgan fingerprint density at radius 3 is 2.67 bits per heavy atom. The van der Waals surface area contributed by atoms with Gasteiger partial charge in [0.2, 0.25) is 5.91 Å². The third-order valence-corrected chi connectivity index (χ3v) is 5.34. The van der Waals surface area contributed by atoms with Gasteiger partial charge in [-0.05, 0) is 57.6 Å². The number of hydrogen-bond acceptors (Lipinski definition) is 4. The molecule has 0 spiro atoms. The number of fused-ring (bicyclic) bond motifs is 1. The monoisotopic (exact) mass is 426 g/mol. The molecule has 1 heterocycles. The molecule has 0 fully saturated rings. The molecule has 1 amide bonds. The highest BCUT2D eigenvalue weighted by molar-refractivity contribution is 6.33. The summed E-state index contributed by atoms with van der Waals surface area (Å²) >= 11 is 6.31. The minimum absolute atomic E-state index is 0.0634. The first kappa shape index (κ1) is 22.0. The number of H-pyrrole nitrogens is 1. The van der Waals surface area contributed by atoms with Gasteiger partial charge >= 0.3 is 0 Å². The summed E-state index contributed by atoms with van der Waals surface area (Å²) < 4.78 is 0. The summed E-state index contributed by atoms with van der Waals surface area (Å²) in [5, 5.41) is 11.4. The van der Waals surface area contributed by atoms with Crippen LogP contribution in [-0.4, -0.2) is 41.1 Å². The largest absolute Gasteiger partial charge is 0.325 e. The van der Waals surface area contributed by atoms with Crippen LogP contribution in [0.15, 0.2) is 47.3 Å². The van der Waals surface area contributed by atoms with Crippen LogP contribution in [0.3, 0.4) is 0 Å². The molecule has 1 aromatic heterocycles. The molecule has 0 unspecified atom stereocenters. The quantitative estimate of drug-likeness (QED) is 0.486. The Hall–Kier alpha value is -2.70. The lowest BCUT2D eigenvalue weighted by atomic mass is 10.0. The zero-order valence-corrected chi connectivity index (χ0v) is 18.1. The number of unbranched alkanes of at least 4 members (excludes halogenated alkanes) is 1. The predicted octanol–water partition coefficient (Wildman–Crippen LogP) is 4.69. The number of aromatic nitrogens is 2. The van der Waals surface area contributed by atoms with Gasteiger partial charge < -0.3 is 10.2 Å². The summed E-state index contributed by atoms with van der Waals surface area (Å²) in [6, 6.07) is 12.6. The topological polar surface area (TPSA) is 78.1 Å². The van der Waals surface area contributed by atoms with Gasteiger partial charge in [0.15, 0.2) is 0 Å². The fourth-order valence-electron chi connectivity index (χ4n) is 3.48. The summed E-state index contributed by atoms with van der Waals surface area (Å²) in [5.41, 5.74) is 1.71. The van der Waals surface area contributed by atoms with E-state index in [-0.39, 0.29) is 11.5 Å². The Kier molecular flexibility index (Phi) is 7.60. The summed E-state index contributed by atoms with van der Waals surface area (Å²) in [6.45, 7) is 4.22. The number of hydrogen-bond donors (Lipinski definition) is 2. The van der Waals surface area contributed by atoms with Crippen molar-refractivity contribution in [2.75, 3.05) is 25.5 Å². The summed E-state index contributed by atoms with van der Waals surface area (Å²) in [7, 11) is 2.10. The zero-order chi connectivity index (χ0) is 21.5. The van der Waals surface area contributed by atoms with E-state index in [9.17, 15) is 9.59 Å². The smallest absolute Gasteiger partial charge is 0.272 e. The zero-order valence-electron chi connectivity index (χ0n) is 17.4. The molecule has 2 aromatic carbocycles.